The summed E-state index contributed by atoms with van der Waals surface area (Å²) < 4.78 is 68.5. The van der Waals surface area contributed by atoms with Gasteiger partial charge in [-0.25, -0.2) is 18.9 Å². The second kappa shape index (κ2) is 11.4. The van der Waals surface area contributed by atoms with E-state index in [1.54, 1.807) is 29.2 Å². The Morgan fingerprint density at radius 1 is 0.974 bits per heavy atom. The number of hydrazone groups is 1. The van der Waals surface area contributed by atoms with E-state index in [4.69, 9.17) is 0 Å². The van der Waals surface area contributed by atoms with E-state index < -0.39 is 28.8 Å². The number of nitrogens with one attached hydrogen (secondary N) is 1. The molecule has 1 N–H and O–H groups in total. The number of rotatable bonds is 6. The predicted octanol–water partition coefficient (Wildman–Crippen LogP) is 6.37. The molecule has 7 nitrogen and oxygen atoms in total. The number of benzene rings is 3. The molecular formula is C26H23F5N4O3. The number of alkyl halides is 3. The Labute approximate surface area is 214 Å². The first kappa shape index (κ1) is 26.8. The lowest BCUT2D eigenvalue weighted by atomic mass is 9.77. The second-order valence-corrected chi connectivity index (χ2v) is 8.79. The maximum absolute atomic E-state index is 13.6. The van der Waals surface area contributed by atoms with Crippen LogP contribution in [-0.2, 0) is 0 Å². The van der Waals surface area contributed by atoms with Crippen molar-refractivity contribution in [2.45, 2.75) is 25.1 Å². The molecule has 1 saturated heterocycles. The number of hydrogen-bond donors (Lipinski definition) is 1. The Morgan fingerprint density at radius 3 is 2.03 bits per heavy atom. The van der Waals surface area contributed by atoms with Crippen LogP contribution < -0.4 is 10.1 Å². The van der Waals surface area contributed by atoms with Crippen molar-refractivity contribution in [2.24, 2.45) is 11.0 Å². The summed E-state index contributed by atoms with van der Waals surface area (Å²) in [6.07, 6.45) is -3.45. The number of hydrogen-bond acceptors (Lipinski definition) is 3. The minimum atomic E-state index is -4.85. The zero-order chi connectivity index (χ0) is 27.3. The van der Waals surface area contributed by atoms with Crippen LogP contribution in [0.25, 0.3) is 0 Å². The number of nitrogens with zero attached hydrogens (tertiary/aromatic N) is 3. The van der Waals surface area contributed by atoms with E-state index in [0.29, 0.717) is 19.5 Å². The first-order valence-corrected chi connectivity index (χ1v) is 11.7. The van der Waals surface area contributed by atoms with Gasteiger partial charge in [-0.2, -0.15) is 0 Å². The quantitative estimate of drug-likeness (QED) is 0.131. The number of piperidine rings is 1. The van der Waals surface area contributed by atoms with Crippen molar-refractivity contribution in [1.29, 1.82) is 0 Å². The molecule has 1 unspecified atom stereocenters. The normalized spacial score (nSPS) is 16.4. The van der Waals surface area contributed by atoms with E-state index in [-0.39, 0.29) is 23.5 Å². The molecule has 1 heterocycles. The summed E-state index contributed by atoms with van der Waals surface area (Å²) in [5.41, 5.74) is 1.90. The standard InChI is InChI=1S/C26H23F5N4O3/c27-20-7-3-17(4-8-20)24(18-5-9-21(28)10-6-18)19-2-1-15-34(16-19)25(33-35(36)37)32-22-11-13-23(14-12-22)38-26(29,30)31/h3-14,19,24H,1-2,15-16H2,(H,32,33). The lowest BCUT2D eigenvalue weighted by Gasteiger charge is -2.38. The van der Waals surface area contributed by atoms with Gasteiger partial charge in [-0.3, -0.25) is 0 Å². The maximum atomic E-state index is 13.6. The Morgan fingerprint density at radius 2 is 1.53 bits per heavy atom. The van der Waals surface area contributed by atoms with Crippen LogP contribution in [0.4, 0.5) is 27.6 Å². The van der Waals surface area contributed by atoms with Crippen molar-refractivity contribution in [2.75, 3.05) is 18.4 Å². The van der Waals surface area contributed by atoms with Crippen LogP contribution in [-0.4, -0.2) is 35.3 Å². The Balaban J connectivity index is 1.59. The molecule has 38 heavy (non-hydrogen) atoms. The fourth-order valence-electron chi connectivity index (χ4n) is 4.67. The molecule has 0 saturated carbocycles. The van der Waals surface area contributed by atoms with Gasteiger partial charge in [0.15, 0.2) is 5.03 Å². The molecule has 1 fully saturated rings. The SMILES string of the molecule is O=[N+]([O-])/N=C(/Nc1ccc(OC(F)(F)F)cc1)N1CCCC(C(c2ccc(F)cc2)c2ccc(F)cc2)C1. The molecule has 4 rings (SSSR count). The van der Waals surface area contributed by atoms with Crippen LogP contribution >= 0.6 is 0 Å². The molecule has 0 aromatic heterocycles. The van der Waals surface area contributed by atoms with Crippen molar-refractivity contribution in [3.63, 3.8) is 0 Å². The lowest BCUT2D eigenvalue weighted by Crippen LogP contribution is -2.45. The van der Waals surface area contributed by atoms with Gasteiger partial charge in [-0.05, 0) is 78.4 Å². The third-order valence-corrected chi connectivity index (χ3v) is 6.21. The number of anilines is 1. The van der Waals surface area contributed by atoms with E-state index in [2.05, 4.69) is 15.2 Å². The van der Waals surface area contributed by atoms with E-state index >= 15 is 0 Å². The average Bonchev–Trinajstić information content (AvgIpc) is 2.86. The highest BCUT2D eigenvalue weighted by atomic mass is 19.4. The zero-order valence-corrected chi connectivity index (χ0v) is 19.9. The molecule has 1 atom stereocenters. The molecule has 200 valence electrons. The monoisotopic (exact) mass is 534 g/mol. The molecular weight excluding hydrogens is 511 g/mol. The van der Waals surface area contributed by atoms with E-state index in [9.17, 15) is 32.1 Å². The van der Waals surface area contributed by atoms with Gasteiger partial charge in [0.25, 0.3) is 5.96 Å². The lowest BCUT2D eigenvalue weighted by molar-refractivity contribution is -0.485. The van der Waals surface area contributed by atoms with Gasteiger partial charge in [0.05, 0.1) is 0 Å². The van der Waals surface area contributed by atoms with Gasteiger partial charge in [-0.15, -0.1) is 13.2 Å². The van der Waals surface area contributed by atoms with Gasteiger partial charge < -0.3 is 15.0 Å². The number of guanidine groups is 1. The molecule has 3 aromatic carbocycles. The summed E-state index contributed by atoms with van der Waals surface area (Å²) in [6, 6.07) is 16.8. The topological polar surface area (TPSA) is 80.0 Å². The summed E-state index contributed by atoms with van der Waals surface area (Å²) in [5.74, 6) is -1.66. The van der Waals surface area contributed by atoms with Gasteiger partial charge >= 0.3 is 6.36 Å². The summed E-state index contributed by atoms with van der Waals surface area (Å²) >= 11 is 0. The highest BCUT2D eigenvalue weighted by Gasteiger charge is 2.33. The molecule has 0 spiro atoms. The Kier molecular flexibility index (Phi) is 8.08. The molecule has 0 radical (unpaired) electrons. The van der Waals surface area contributed by atoms with E-state index in [0.717, 1.165) is 29.7 Å². The van der Waals surface area contributed by atoms with Crippen LogP contribution in [0.15, 0.2) is 77.9 Å². The van der Waals surface area contributed by atoms with Gasteiger partial charge in [0.1, 0.15) is 22.5 Å². The first-order valence-electron chi connectivity index (χ1n) is 11.7. The molecule has 0 bridgehead atoms. The van der Waals surface area contributed by atoms with Crippen molar-refractivity contribution < 1.29 is 31.7 Å². The van der Waals surface area contributed by atoms with Crippen LogP contribution in [0, 0.1) is 27.7 Å². The van der Waals surface area contributed by atoms with Crippen molar-refractivity contribution in [1.82, 2.24) is 4.90 Å². The molecule has 12 heteroatoms. The zero-order valence-electron chi connectivity index (χ0n) is 19.9. The third kappa shape index (κ3) is 7.17. The molecule has 0 amide bonds. The van der Waals surface area contributed by atoms with Gasteiger partial charge in [-0.1, -0.05) is 24.3 Å². The number of nitro groups is 1. The highest BCUT2D eigenvalue weighted by Crippen LogP contribution is 2.37. The van der Waals surface area contributed by atoms with Gasteiger partial charge in [0, 0.05) is 24.7 Å². The number of likely N-dealkylation sites (tertiary alicyclic amines) is 1. The molecule has 1 aliphatic heterocycles. The number of halogens is 5. The van der Waals surface area contributed by atoms with Crippen molar-refractivity contribution in [3.05, 3.63) is 106 Å². The Bertz CT molecular complexity index is 1220. The second-order valence-electron chi connectivity index (χ2n) is 8.79. The summed E-state index contributed by atoms with van der Waals surface area (Å²) in [4.78, 5) is 13.0. The summed E-state index contributed by atoms with van der Waals surface area (Å²) in [6.45, 7) is 0.763. The van der Waals surface area contributed by atoms with E-state index in [1.807, 2.05) is 0 Å². The van der Waals surface area contributed by atoms with Crippen LogP contribution in [0.5, 0.6) is 5.75 Å². The average molecular weight is 534 g/mol. The maximum Gasteiger partial charge on any atom is 0.573 e. The van der Waals surface area contributed by atoms with Crippen LogP contribution in [0.3, 0.4) is 0 Å². The number of ether oxygens (including phenoxy) is 1. The summed E-state index contributed by atoms with van der Waals surface area (Å²) in [5, 5.41) is 16.8. The van der Waals surface area contributed by atoms with Crippen LogP contribution in [0.1, 0.15) is 29.9 Å². The smallest absolute Gasteiger partial charge is 0.406 e. The van der Waals surface area contributed by atoms with Crippen molar-refractivity contribution >= 4 is 11.6 Å². The Hall–Kier alpha value is -4.22. The minimum absolute atomic E-state index is 0.0823. The van der Waals surface area contributed by atoms with E-state index in [1.165, 1.54) is 36.4 Å². The first-order chi connectivity index (χ1) is 18.1. The molecule has 3 aromatic rings. The predicted molar refractivity (Wildman–Crippen MR) is 130 cm³/mol. The third-order valence-electron chi connectivity index (χ3n) is 6.21. The molecule has 1 aliphatic rings. The molecule has 0 aliphatic carbocycles. The van der Waals surface area contributed by atoms with Crippen LogP contribution in [0.2, 0.25) is 0 Å². The fraction of sp³-hybridized carbons (Fsp3) is 0.269. The largest absolute Gasteiger partial charge is 0.573 e. The fourth-order valence-corrected chi connectivity index (χ4v) is 4.67. The minimum Gasteiger partial charge on any atom is -0.406 e. The summed E-state index contributed by atoms with van der Waals surface area (Å²) in [7, 11) is 0. The highest BCUT2D eigenvalue weighted by molar-refractivity contribution is 5.93. The van der Waals surface area contributed by atoms with Crippen molar-refractivity contribution in [3.8, 4) is 5.75 Å². The van der Waals surface area contributed by atoms with Gasteiger partial charge in [0.2, 0.25) is 0 Å².